The van der Waals surface area contributed by atoms with Gasteiger partial charge < -0.3 is 5.32 Å². The van der Waals surface area contributed by atoms with Gasteiger partial charge >= 0.3 is 0 Å². The molecule has 0 bridgehead atoms. The number of anilines is 1. The van der Waals surface area contributed by atoms with Gasteiger partial charge in [-0.1, -0.05) is 0 Å². The molecule has 0 unspecified atom stereocenters. The maximum Gasteiger partial charge on any atom is 0.224 e. The molecular weight excluding hydrogens is 218 g/mol. The summed E-state index contributed by atoms with van der Waals surface area (Å²) in [6.07, 6.45) is 6.40. The molecule has 1 N–H and O–H groups in total. The zero-order chi connectivity index (χ0) is 10.0. The average molecular weight is 230 g/mol. The normalized spacial score (nSPS) is 17.9. The van der Waals surface area contributed by atoms with E-state index in [2.05, 4.69) is 21.5 Å². The van der Waals surface area contributed by atoms with Gasteiger partial charge in [-0.2, -0.15) is 11.8 Å². The minimum Gasteiger partial charge on any atom is -0.369 e. The first-order valence-corrected chi connectivity index (χ1v) is 6.12. The molecule has 0 amide bonds. The molecule has 0 aromatic carbocycles. The lowest BCUT2D eigenvalue weighted by Gasteiger charge is -2.13. The summed E-state index contributed by atoms with van der Waals surface area (Å²) in [6.45, 7) is 0.960. The number of aromatic nitrogens is 2. The van der Waals surface area contributed by atoms with E-state index in [0.717, 1.165) is 12.4 Å². The molecule has 2 rings (SSSR count). The maximum absolute atomic E-state index is 5.68. The van der Waals surface area contributed by atoms with Crippen LogP contribution in [-0.2, 0) is 0 Å². The summed E-state index contributed by atoms with van der Waals surface area (Å²) in [4.78, 5) is 7.90. The van der Waals surface area contributed by atoms with Crippen LogP contribution in [0.4, 0.5) is 5.82 Å². The fourth-order valence-electron chi connectivity index (χ4n) is 1.28. The van der Waals surface area contributed by atoms with E-state index < -0.39 is 0 Å². The summed E-state index contributed by atoms with van der Waals surface area (Å²) in [5.74, 6) is 0.810. The molecule has 1 heterocycles. The van der Waals surface area contributed by atoms with Crippen molar-refractivity contribution in [1.29, 1.82) is 0 Å². The van der Waals surface area contributed by atoms with Crippen LogP contribution < -0.4 is 5.32 Å². The number of nitrogens with one attached hydrogen (secondary N) is 1. The lowest BCUT2D eigenvalue weighted by atomic mass is 10.4. The number of hydrogen-bond donors (Lipinski definition) is 1. The SMILES string of the molecule is CSC1(CNc2ccnc(Cl)n2)CC1. The molecule has 0 spiro atoms. The van der Waals surface area contributed by atoms with Gasteiger partial charge in [0.15, 0.2) is 0 Å². The second-order valence-corrected chi connectivity index (χ2v) is 5.06. The largest absolute Gasteiger partial charge is 0.369 e. The topological polar surface area (TPSA) is 37.8 Å². The van der Waals surface area contributed by atoms with Crippen molar-refractivity contribution in [3.05, 3.63) is 17.5 Å². The molecule has 0 saturated heterocycles. The first kappa shape index (κ1) is 10.1. The molecule has 3 nitrogen and oxygen atoms in total. The van der Waals surface area contributed by atoms with Crippen LogP contribution in [0.15, 0.2) is 12.3 Å². The third-order valence-electron chi connectivity index (χ3n) is 2.46. The highest BCUT2D eigenvalue weighted by atomic mass is 35.5. The number of halogens is 1. The molecule has 76 valence electrons. The van der Waals surface area contributed by atoms with Gasteiger partial charge in [0.05, 0.1) is 0 Å². The highest BCUT2D eigenvalue weighted by Crippen LogP contribution is 2.46. The molecule has 1 aliphatic carbocycles. The molecule has 1 fully saturated rings. The van der Waals surface area contributed by atoms with Crippen LogP contribution in [0.25, 0.3) is 0 Å². The second-order valence-electron chi connectivity index (χ2n) is 3.45. The van der Waals surface area contributed by atoms with Crippen LogP contribution in [0.2, 0.25) is 5.28 Å². The minimum atomic E-state index is 0.295. The van der Waals surface area contributed by atoms with Crippen LogP contribution in [-0.4, -0.2) is 27.5 Å². The van der Waals surface area contributed by atoms with Gasteiger partial charge in [0.2, 0.25) is 5.28 Å². The molecule has 1 saturated carbocycles. The quantitative estimate of drug-likeness (QED) is 0.805. The summed E-state index contributed by atoms with van der Waals surface area (Å²) in [6, 6.07) is 1.84. The molecule has 1 aromatic heterocycles. The lowest BCUT2D eigenvalue weighted by molar-refractivity contribution is 0.937. The van der Waals surface area contributed by atoms with E-state index in [1.807, 2.05) is 17.8 Å². The molecular formula is C9H12ClN3S. The Bertz CT molecular complexity index is 328. The summed E-state index contributed by atoms with van der Waals surface area (Å²) in [7, 11) is 0. The zero-order valence-electron chi connectivity index (χ0n) is 7.96. The van der Waals surface area contributed by atoms with Crippen molar-refractivity contribution in [3.63, 3.8) is 0 Å². The summed E-state index contributed by atoms with van der Waals surface area (Å²) < 4.78 is 0.442. The average Bonchev–Trinajstić information content (AvgIpc) is 2.96. The monoisotopic (exact) mass is 229 g/mol. The van der Waals surface area contributed by atoms with E-state index in [9.17, 15) is 0 Å². The smallest absolute Gasteiger partial charge is 0.224 e. The second kappa shape index (κ2) is 3.95. The van der Waals surface area contributed by atoms with Crippen molar-refractivity contribution in [2.24, 2.45) is 0 Å². The van der Waals surface area contributed by atoms with Crippen molar-refractivity contribution in [1.82, 2.24) is 9.97 Å². The molecule has 0 radical (unpaired) electrons. The predicted octanol–water partition coefficient (Wildman–Crippen LogP) is 2.44. The molecule has 0 aliphatic heterocycles. The van der Waals surface area contributed by atoms with Crippen molar-refractivity contribution < 1.29 is 0 Å². The van der Waals surface area contributed by atoms with E-state index in [4.69, 9.17) is 11.6 Å². The Morgan fingerprint density at radius 2 is 2.43 bits per heavy atom. The van der Waals surface area contributed by atoms with E-state index in [0.29, 0.717) is 10.0 Å². The van der Waals surface area contributed by atoms with Crippen molar-refractivity contribution in [2.45, 2.75) is 17.6 Å². The molecule has 14 heavy (non-hydrogen) atoms. The Balaban J connectivity index is 1.92. The number of nitrogens with zero attached hydrogens (tertiary/aromatic N) is 2. The van der Waals surface area contributed by atoms with Gasteiger partial charge in [-0.3, -0.25) is 0 Å². The zero-order valence-corrected chi connectivity index (χ0v) is 9.53. The Labute approximate surface area is 92.7 Å². The maximum atomic E-state index is 5.68. The fraction of sp³-hybridized carbons (Fsp3) is 0.556. The third kappa shape index (κ3) is 2.30. The van der Waals surface area contributed by atoms with Gasteiger partial charge in [0, 0.05) is 17.5 Å². The van der Waals surface area contributed by atoms with Gasteiger partial charge in [0.25, 0.3) is 0 Å². The van der Waals surface area contributed by atoms with Crippen molar-refractivity contribution in [2.75, 3.05) is 18.1 Å². The lowest BCUT2D eigenvalue weighted by Crippen LogP contribution is -2.18. The Morgan fingerprint density at radius 1 is 1.64 bits per heavy atom. The summed E-state index contributed by atoms with van der Waals surface area (Å²) in [5, 5.41) is 3.58. The van der Waals surface area contributed by atoms with Crippen LogP contribution in [0.1, 0.15) is 12.8 Å². The molecule has 0 atom stereocenters. The van der Waals surface area contributed by atoms with Crippen molar-refractivity contribution in [3.8, 4) is 0 Å². The van der Waals surface area contributed by atoms with Crippen LogP contribution in [0, 0.1) is 0 Å². The van der Waals surface area contributed by atoms with Gasteiger partial charge in [0.1, 0.15) is 5.82 Å². The highest BCUT2D eigenvalue weighted by Gasteiger charge is 2.41. The van der Waals surface area contributed by atoms with E-state index in [1.54, 1.807) is 6.20 Å². The molecule has 1 aromatic rings. The van der Waals surface area contributed by atoms with Gasteiger partial charge in [-0.05, 0) is 36.8 Å². The van der Waals surface area contributed by atoms with E-state index >= 15 is 0 Å². The fourth-order valence-corrected chi connectivity index (χ4v) is 2.15. The standard InChI is InChI=1S/C9H12ClN3S/c1-14-9(3-4-9)6-12-7-2-5-11-8(10)13-7/h2,5H,3-4,6H2,1H3,(H,11,12,13). The first-order valence-electron chi connectivity index (χ1n) is 4.52. The van der Waals surface area contributed by atoms with E-state index in [-0.39, 0.29) is 0 Å². The number of thioether (sulfide) groups is 1. The Kier molecular flexibility index (Phi) is 2.83. The predicted molar refractivity (Wildman–Crippen MR) is 61.0 cm³/mol. The number of rotatable bonds is 4. The van der Waals surface area contributed by atoms with Gasteiger partial charge in [-0.15, -0.1) is 0 Å². The first-order chi connectivity index (χ1) is 6.74. The molecule has 1 aliphatic rings. The third-order valence-corrected chi connectivity index (χ3v) is 4.06. The van der Waals surface area contributed by atoms with Gasteiger partial charge in [-0.25, -0.2) is 9.97 Å². The Hall–Kier alpha value is -0.480. The van der Waals surface area contributed by atoms with Crippen molar-refractivity contribution >= 4 is 29.2 Å². The highest BCUT2D eigenvalue weighted by molar-refractivity contribution is 8.00. The van der Waals surface area contributed by atoms with Crippen LogP contribution in [0.3, 0.4) is 0 Å². The summed E-state index contributed by atoms with van der Waals surface area (Å²) >= 11 is 7.60. The van der Waals surface area contributed by atoms with E-state index in [1.165, 1.54) is 12.8 Å². The van der Waals surface area contributed by atoms with Crippen LogP contribution in [0.5, 0.6) is 0 Å². The van der Waals surface area contributed by atoms with Crippen LogP contribution >= 0.6 is 23.4 Å². The minimum absolute atomic E-state index is 0.295. The Morgan fingerprint density at radius 3 is 3.00 bits per heavy atom. The summed E-state index contributed by atoms with van der Waals surface area (Å²) in [5.41, 5.74) is 0. The molecule has 5 heteroatoms. The number of hydrogen-bond acceptors (Lipinski definition) is 4.